The number of rotatable bonds is 11. The van der Waals surface area contributed by atoms with Crippen LogP contribution in [0, 0.1) is 0 Å². The summed E-state index contributed by atoms with van der Waals surface area (Å²) >= 11 is 0. The lowest BCUT2D eigenvalue weighted by molar-refractivity contribution is -0.893. The molecule has 148 valence electrons. The van der Waals surface area contributed by atoms with Crippen LogP contribution < -0.4 is 9.47 Å². The monoisotopic (exact) mass is 374 g/mol. The van der Waals surface area contributed by atoms with Gasteiger partial charge in [0.25, 0.3) is 0 Å². The molecule has 2 rings (SSSR count). The Morgan fingerprint density at radius 3 is 2.00 bits per heavy atom. The van der Waals surface area contributed by atoms with E-state index in [9.17, 15) is 5.11 Å². The number of benzene rings is 2. The van der Waals surface area contributed by atoms with Crippen LogP contribution in [0.1, 0.15) is 11.1 Å². The second-order valence-electron chi connectivity index (χ2n) is 7.52. The van der Waals surface area contributed by atoms with Crippen LogP contribution in [0.25, 0.3) is 0 Å². The largest absolute Gasteiger partial charge is 0.497 e. The molecular weight excluding hydrogens is 342 g/mol. The van der Waals surface area contributed by atoms with Crippen LogP contribution >= 0.6 is 0 Å². The zero-order valence-corrected chi connectivity index (χ0v) is 16.6. The van der Waals surface area contributed by atoms with Crippen molar-refractivity contribution in [1.29, 1.82) is 0 Å². The van der Waals surface area contributed by atoms with E-state index in [2.05, 4.69) is 26.2 Å². The van der Waals surface area contributed by atoms with Crippen molar-refractivity contribution >= 4 is 0 Å². The molecule has 0 saturated carbocycles. The third kappa shape index (κ3) is 7.59. The standard InChI is InChI=1S/C22H32NO4/c1-23(2,14-12-18-4-8-21(26-3)9-5-18)16-20(25)17-27-22-10-6-19(7-11-22)13-15-24/h4-11,20,24-25H,12-17H2,1-3H3/q+1/t20-/m1/s1. The highest BCUT2D eigenvalue weighted by Gasteiger charge is 2.21. The SMILES string of the molecule is COc1ccc(CC[N+](C)(C)C[C@@H](O)COc2ccc(CCO)cc2)cc1. The maximum Gasteiger partial charge on any atom is 0.137 e. The van der Waals surface area contributed by atoms with E-state index in [1.165, 1.54) is 5.56 Å². The molecule has 2 N–H and O–H groups in total. The molecule has 5 nitrogen and oxygen atoms in total. The maximum absolute atomic E-state index is 10.4. The summed E-state index contributed by atoms with van der Waals surface area (Å²) in [4.78, 5) is 0. The summed E-state index contributed by atoms with van der Waals surface area (Å²) in [6, 6.07) is 15.7. The topological polar surface area (TPSA) is 58.9 Å². The van der Waals surface area contributed by atoms with Crippen LogP contribution in [-0.4, -0.2) is 68.3 Å². The summed E-state index contributed by atoms with van der Waals surface area (Å²) in [6.07, 6.45) is 1.05. The lowest BCUT2D eigenvalue weighted by Gasteiger charge is -2.32. The molecule has 0 aliphatic rings. The Kier molecular flexibility index (Phi) is 8.10. The molecule has 2 aromatic carbocycles. The molecule has 5 heteroatoms. The van der Waals surface area contributed by atoms with E-state index in [1.807, 2.05) is 36.4 Å². The smallest absolute Gasteiger partial charge is 0.137 e. The van der Waals surface area contributed by atoms with E-state index in [4.69, 9.17) is 14.6 Å². The van der Waals surface area contributed by atoms with Gasteiger partial charge in [-0.3, -0.25) is 0 Å². The van der Waals surface area contributed by atoms with E-state index in [-0.39, 0.29) is 13.2 Å². The van der Waals surface area contributed by atoms with Gasteiger partial charge < -0.3 is 24.2 Å². The quantitative estimate of drug-likeness (QED) is 0.593. The molecule has 0 saturated heterocycles. The fourth-order valence-electron chi connectivity index (χ4n) is 3.01. The molecule has 0 bridgehead atoms. The molecular formula is C22H32NO4+. The summed E-state index contributed by atoms with van der Waals surface area (Å²) in [5.74, 6) is 1.60. The predicted molar refractivity (Wildman–Crippen MR) is 107 cm³/mol. The van der Waals surface area contributed by atoms with Gasteiger partial charge in [0.1, 0.15) is 30.8 Å². The first kappa shape index (κ1) is 21.2. The molecule has 2 aromatic rings. The Labute approximate surface area is 162 Å². The minimum absolute atomic E-state index is 0.141. The van der Waals surface area contributed by atoms with Gasteiger partial charge in [-0.25, -0.2) is 0 Å². The van der Waals surface area contributed by atoms with Gasteiger partial charge in [-0.2, -0.15) is 0 Å². The van der Waals surface area contributed by atoms with E-state index < -0.39 is 6.10 Å². The van der Waals surface area contributed by atoms with E-state index in [1.54, 1.807) is 7.11 Å². The van der Waals surface area contributed by atoms with Crippen molar-refractivity contribution in [3.63, 3.8) is 0 Å². The number of hydrogen-bond acceptors (Lipinski definition) is 4. The normalized spacial score (nSPS) is 12.6. The van der Waals surface area contributed by atoms with Gasteiger partial charge >= 0.3 is 0 Å². The summed E-state index contributed by atoms with van der Waals surface area (Å²) in [7, 11) is 5.91. The zero-order chi connectivity index (χ0) is 19.7. The first-order valence-electron chi connectivity index (χ1n) is 9.37. The molecule has 0 spiro atoms. The summed E-state index contributed by atoms with van der Waals surface area (Å²) in [6.45, 7) is 1.96. The minimum Gasteiger partial charge on any atom is -0.497 e. The highest BCUT2D eigenvalue weighted by Crippen LogP contribution is 2.15. The Morgan fingerprint density at radius 1 is 0.889 bits per heavy atom. The Balaban J connectivity index is 1.76. The van der Waals surface area contributed by atoms with Crippen LogP contribution in [0.3, 0.4) is 0 Å². The Bertz CT molecular complexity index is 668. The minimum atomic E-state index is -0.534. The highest BCUT2D eigenvalue weighted by molar-refractivity contribution is 5.28. The number of likely N-dealkylation sites (N-methyl/N-ethyl adjacent to an activating group) is 1. The van der Waals surface area contributed by atoms with Crippen LogP contribution in [-0.2, 0) is 12.8 Å². The molecule has 1 atom stereocenters. The molecule has 0 fully saturated rings. The van der Waals surface area contributed by atoms with Crippen molar-refractivity contribution in [3.8, 4) is 11.5 Å². The van der Waals surface area contributed by atoms with Crippen molar-refractivity contribution in [2.24, 2.45) is 0 Å². The fourth-order valence-corrected chi connectivity index (χ4v) is 3.01. The average Bonchev–Trinajstić information content (AvgIpc) is 2.66. The molecule has 27 heavy (non-hydrogen) atoms. The average molecular weight is 375 g/mol. The van der Waals surface area contributed by atoms with E-state index >= 15 is 0 Å². The number of aliphatic hydroxyl groups excluding tert-OH is 2. The van der Waals surface area contributed by atoms with Gasteiger partial charge in [0, 0.05) is 13.0 Å². The number of nitrogens with zero attached hydrogens (tertiary/aromatic N) is 1. The van der Waals surface area contributed by atoms with E-state index in [0.29, 0.717) is 17.4 Å². The van der Waals surface area contributed by atoms with Gasteiger partial charge in [0.05, 0.1) is 27.7 Å². The second-order valence-corrected chi connectivity index (χ2v) is 7.52. The van der Waals surface area contributed by atoms with Crippen LogP contribution in [0.5, 0.6) is 11.5 Å². The predicted octanol–water partition coefficient (Wildman–Crippen LogP) is 2.29. The first-order chi connectivity index (χ1) is 12.9. The van der Waals surface area contributed by atoms with Gasteiger partial charge in [-0.1, -0.05) is 24.3 Å². The van der Waals surface area contributed by atoms with E-state index in [0.717, 1.165) is 30.0 Å². The van der Waals surface area contributed by atoms with Crippen molar-refractivity contribution in [2.75, 3.05) is 47.5 Å². The first-order valence-corrected chi connectivity index (χ1v) is 9.37. The van der Waals surface area contributed by atoms with Crippen molar-refractivity contribution < 1.29 is 24.2 Å². The Hall–Kier alpha value is -2.08. The number of aliphatic hydroxyl groups is 2. The van der Waals surface area contributed by atoms with Gasteiger partial charge in [-0.05, 0) is 41.8 Å². The molecule has 0 heterocycles. The number of quaternary nitrogens is 1. The fraction of sp³-hybridized carbons (Fsp3) is 0.455. The number of methoxy groups -OCH3 is 1. The lowest BCUT2D eigenvalue weighted by Crippen LogP contribution is -2.48. The maximum atomic E-state index is 10.4. The number of ether oxygens (including phenoxy) is 2. The van der Waals surface area contributed by atoms with Crippen molar-refractivity contribution in [1.82, 2.24) is 0 Å². The lowest BCUT2D eigenvalue weighted by atomic mass is 10.1. The summed E-state index contributed by atoms with van der Waals surface area (Å²) in [5.41, 5.74) is 2.33. The zero-order valence-electron chi connectivity index (χ0n) is 16.6. The molecule has 0 aromatic heterocycles. The second kappa shape index (κ2) is 10.3. The highest BCUT2D eigenvalue weighted by atomic mass is 16.5. The molecule has 0 aliphatic heterocycles. The van der Waals surface area contributed by atoms with Gasteiger partial charge in [0.15, 0.2) is 0 Å². The summed E-state index contributed by atoms with van der Waals surface area (Å²) < 4.78 is 11.6. The van der Waals surface area contributed by atoms with Crippen molar-refractivity contribution in [2.45, 2.75) is 18.9 Å². The molecule has 0 amide bonds. The third-order valence-corrected chi connectivity index (χ3v) is 4.64. The van der Waals surface area contributed by atoms with Crippen LogP contribution in [0.4, 0.5) is 0 Å². The Morgan fingerprint density at radius 2 is 1.44 bits per heavy atom. The molecule has 0 unspecified atom stereocenters. The van der Waals surface area contributed by atoms with Gasteiger partial charge in [0.2, 0.25) is 0 Å². The van der Waals surface area contributed by atoms with Crippen molar-refractivity contribution in [3.05, 3.63) is 59.7 Å². The molecule has 0 aliphatic carbocycles. The van der Waals surface area contributed by atoms with Crippen LogP contribution in [0.15, 0.2) is 48.5 Å². The number of hydrogen-bond donors (Lipinski definition) is 2. The third-order valence-electron chi connectivity index (χ3n) is 4.64. The summed E-state index contributed by atoms with van der Waals surface area (Å²) in [5, 5.41) is 19.3. The van der Waals surface area contributed by atoms with Gasteiger partial charge in [-0.15, -0.1) is 0 Å². The van der Waals surface area contributed by atoms with Crippen LogP contribution in [0.2, 0.25) is 0 Å². The molecule has 0 radical (unpaired) electrons.